The van der Waals surface area contributed by atoms with E-state index in [9.17, 15) is 4.79 Å². The van der Waals surface area contributed by atoms with E-state index in [0.717, 1.165) is 11.5 Å². The summed E-state index contributed by atoms with van der Waals surface area (Å²) in [7, 11) is 0. The Labute approximate surface area is 78.9 Å². The van der Waals surface area contributed by atoms with Crippen molar-refractivity contribution in [1.29, 1.82) is 0 Å². The fourth-order valence-corrected chi connectivity index (χ4v) is 1.73. The van der Waals surface area contributed by atoms with Crippen LogP contribution in [0, 0.1) is 18.3 Å². The third-order valence-corrected chi connectivity index (χ3v) is 2.50. The largest absolute Gasteiger partial charge is 0.284 e. The first kappa shape index (κ1) is 8.13. The van der Waals surface area contributed by atoms with Gasteiger partial charge in [-0.3, -0.25) is 9.69 Å². The molecule has 1 fully saturated rings. The average molecular weight is 194 g/mol. The SMILES string of the molecule is C#CC1CC(=O)N(c2nnns2)C1. The number of amides is 1. The number of terminal acetylenes is 1. The molecule has 1 aromatic heterocycles. The molecule has 6 heteroatoms. The molecule has 1 aliphatic rings. The zero-order valence-corrected chi connectivity index (χ0v) is 7.49. The molecule has 5 nitrogen and oxygen atoms in total. The molecule has 1 unspecified atom stereocenters. The topological polar surface area (TPSA) is 59.0 Å². The molecular formula is C7H6N4OS. The lowest BCUT2D eigenvalue weighted by Crippen LogP contribution is -2.24. The number of hydrogen-bond donors (Lipinski definition) is 0. The minimum absolute atomic E-state index is 0.00139. The monoisotopic (exact) mass is 194 g/mol. The summed E-state index contributed by atoms with van der Waals surface area (Å²) in [5.41, 5.74) is 0. The van der Waals surface area contributed by atoms with E-state index in [0.29, 0.717) is 18.1 Å². The number of hydrogen-bond acceptors (Lipinski definition) is 5. The lowest BCUT2D eigenvalue weighted by Gasteiger charge is -2.08. The van der Waals surface area contributed by atoms with E-state index < -0.39 is 0 Å². The summed E-state index contributed by atoms with van der Waals surface area (Å²) < 4.78 is 3.59. The standard InChI is InChI=1S/C7H6N4OS/c1-2-5-3-6(12)11(4-5)7-8-9-10-13-7/h1,5H,3-4H2. The summed E-state index contributed by atoms with van der Waals surface area (Å²) in [4.78, 5) is 12.9. The average Bonchev–Trinajstić information content (AvgIpc) is 2.72. The summed E-state index contributed by atoms with van der Waals surface area (Å²) in [6.45, 7) is 0.534. The molecule has 0 aromatic carbocycles. The van der Waals surface area contributed by atoms with Gasteiger partial charge in [-0.1, -0.05) is 9.59 Å². The molecule has 0 N–H and O–H groups in total. The first-order chi connectivity index (χ1) is 6.31. The van der Waals surface area contributed by atoms with Crippen molar-refractivity contribution in [3.8, 4) is 12.3 Å². The minimum Gasteiger partial charge on any atom is -0.284 e. The van der Waals surface area contributed by atoms with Crippen LogP contribution < -0.4 is 4.90 Å². The normalized spacial score (nSPS) is 21.9. The van der Waals surface area contributed by atoms with Crippen LogP contribution in [0.2, 0.25) is 0 Å². The molecule has 1 aliphatic heterocycles. The maximum atomic E-state index is 11.4. The first-order valence-corrected chi connectivity index (χ1v) is 4.50. The van der Waals surface area contributed by atoms with Crippen LogP contribution in [0.5, 0.6) is 0 Å². The Balaban J connectivity index is 2.19. The van der Waals surface area contributed by atoms with Crippen LogP contribution in [-0.2, 0) is 4.79 Å². The van der Waals surface area contributed by atoms with Crippen molar-refractivity contribution in [1.82, 2.24) is 14.8 Å². The van der Waals surface area contributed by atoms with Crippen molar-refractivity contribution >= 4 is 22.6 Å². The molecule has 66 valence electrons. The van der Waals surface area contributed by atoms with Crippen LogP contribution in [-0.4, -0.2) is 27.3 Å². The lowest BCUT2D eigenvalue weighted by molar-refractivity contribution is -0.117. The number of nitrogens with zero attached hydrogens (tertiary/aromatic N) is 4. The van der Waals surface area contributed by atoms with E-state index in [2.05, 4.69) is 20.7 Å². The number of anilines is 1. The van der Waals surface area contributed by atoms with Gasteiger partial charge in [0.1, 0.15) is 0 Å². The molecule has 1 aromatic rings. The summed E-state index contributed by atoms with van der Waals surface area (Å²) in [5, 5.41) is 7.67. The Bertz CT molecular complexity index is 355. The summed E-state index contributed by atoms with van der Waals surface area (Å²) in [6, 6.07) is 0. The Morgan fingerprint density at radius 1 is 1.69 bits per heavy atom. The van der Waals surface area contributed by atoms with Crippen LogP contribution in [0.3, 0.4) is 0 Å². The molecule has 1 saturated heterocycles. The van der Waals surface area contributed by atoms with Crippen LogP contribution in [0.25, 0.3) is 0 Å². The van der Waals surface area contributed by atoms with E-state index in [1.165, 1.54) is 4.90 Å². The number of aromatic nitrogens is 3. The van der Waals surface area contributed by atoms with Gasteiger partial charge in [-0.15, -0.1) is 12.3 Å². The van der Waals surface area contributed by atoms with Crippen molar-refractivity contribution in [3.63, 3.8) is 0 Å². The first-order valence-electron chi connectivity index (χ1n) is 3.73. The number of carbonyl (C=O) groups is 1. The van der Waals surface area contributed by atoms with Crippen molar-refractivity contribution in [3.05, 3.63) is 0 Å². The molecule has 1 atom stereocenters. The van der Waals surface area contributed by atoms with Gasteiger partial charge in [0, 0.05) is 30.4 Å². The third kappa shape index (κ3) is 1.38. The molecule has 0 bridgehead atoms. The highest BCUT2D eigenvalue weighted by molar-refractivity contribution is 7.09. The van der Waals surface area contributed by atoms with Gasteiger partial charge in [-0.05, 0) is 5.21 Å². The van der Waals surface area contributed by atoms with Crippen molar-refractivity contribution in [2.24, 2.45) is 5.92 Å². The highest BCUT2D eigenvalue weighted by Crippen LogP contribution is 2.24. The summed E-state index contributed by atoms with van der Waals surface area (Å²) >= 11 is 1.10. The van der Waals surface area contributed by atoms with E-state index in [4.69, 9.17) is 6.42 Å². The van der Waals surface area contributed by atoms with E-state index >= 15 is 0 Å². The van der Waals surface area contributed by atoms with E-state index in [1.54, 1.807) is 0 Å². The third-order valence-electron chi connectivity index (χ3n) is 1.88. The highest BCUT2D eigenvalue weighted by atomic mass is 32.1. The molecular weight excluding hydrogens is 188 g/mol. The second kappa shape index (κ2) is 3.11. The maximum absolute atomic E-state index is 11.4. The molecule has 1 amide bonds. The summed E-state index contributed by atoms with van der Waals surface area (Å²) in [6.07, 6.45) is 5.63. The zero-order chi connectivity index (χ0) is 9.26. The highest BCUT2D eigenvalue weighted by Gasteiger charge is 2.31. The van der Waals surface area contributed by atoms with Gasteiger partial charge in [0.15, 0.2) is 0 Å². The second-order valence-electron chi connectivity index (χ2n) is 2.72. The van der Waals surface area contributed by atoms with Crippen molar-refractivity contribution in [2.45, 2.75) is 6.42 Å². The van der Waals surface area contributed by atoms with E-state index in [1.807, 2.05) is 0 Å². The second-order valence-corrected chi connectivity index (χ2v) is 3.43. The van der Waals surface area contributed by atoms with Gasteiger partial charge in [0.05, 0.1) is 0 Å². The Hall–Kier alpha value is -1.48. The molecule has 0 saturated carbocycles. The van der Waals surface area contributed by atoms with Gasteiger partial charge >= 0.3 is 0 Å². The van der Waals surface area contributed by atoms with Crippen molar-refractivity contribution in [2.75, 3.05) is 11.4 Å². The molecule has 0 aliphatic carbocycles. The van der Waals surface area contributed by atoms with Gasteiger partial charge in [0.2, 0.25) is 11.0 Å². The minimum atomic E-state index is -0.00333. The van der Waals surface area contributed by atoms with Gasteiger partial charge in [-0.25, -0.2) is 0 Å². The van der Waals surface area contributed by atoms with Crippen LogP contribution in [0.15, 0.2) is 0 Å². The van der Waals surface area contributed by atoms with Gasteiger partial charge in [-0.2, -0.15) is 0 Å². The van der Waals surface area contributed by atoms with Gasteiger partial charge < -0.3 is 0 Å². The molecule has 0 radical (unpaired) electrons. The zero-order valence-electron chi connectivity index (χ0n) is 6.67. The van der Waals surface area contributed by atoms with E-state index in [-0.39, 0.29) is 11.8 Å². The molecule has 13 heavy (non-hydrogen) atoms. The van der Waals surface area contributed by atoms with Gasteiger partial charge in [0.25, 0.3) is 0 Å². The summed E-state index contributed by atoms with van der Waals surface area (Å²) in [5.74, 6) is 2.56. The van der Waals surface area contributed by atoms with Crippen LogP contribution >= 0.6 is 11.5 Å². The smallest absolute Gasteiger partial charge is 0.234 e. The maximum Gasteiger partial charge on any atom is 0.234 e. The molecule has 2 rings (SSSR count). The van der Waals surface area contributed by atoms with Crippen molar-refractivity contribution < 1.29 is 4.79 Å². The van der Waals surface area contributed by atoms with Crippen LogP contribution in [0.4, 0.5) is 5.13 Å². The fraction of sp³-hybridized carbons (Fsp3) is 0.429. The fourth-order valence-electron chi connectivity index (χ4n) is 1.24. The Morgan fingerprint density at radius 2 is 2.54 bits per heavy atom. The number of carbonyl (C=O) groups excluding carboxylic acids is 1. The lowest BCUT2D eigenvalue weighted by atomic mass is 10.1. The Kier molecular flexibility index (Phi) is 1.94. The predicted molar refractivity (Wildman–Crippen MR) is 47.0 cm³/mol. The quantitative estimate of drug-likeness (QED) is 0.587. The Morgan fingerprint density at radius 3 is 3.08 bits per heavy atom. The molecule has 2 heterocycles. The van der Waals surface area contributed by atoms with Crippen LogP contribution in [0.1, 0.15) is 6.42 Å². The number of rotatable bonds is 1. The predicted octanol–water partition coefficient (Wildman–Crippen LogP) is -0.0808. The molecule has 0 spiro atoms.